The van der Waals surface area contributed by atoms with Crippen LogP contribution in [0.2, 0.25) is 0 Å². The summed E-state index contributed by atoms with van der Waals surface area (Å²) in [5, 5.41) is 9.11. The minimum absolute atomic E-state index is 0.128. The molecular formula is C9H17NO2. The first-order valence-corrected chi connectivity index (χ1v) is 4.49. The van der Waals surface area contributed by atoms with Crippen molar-refractivity contribution < 1.29 is 9.90 Å². The van der Waals surface area contributed by atoms with E-state index in [-0.39, 0.29) is 11.8 Å². The summed E-state index contributed by atoms with van der Waals surface area (Å²) in [5.41, 5.74) is 0. The second-order valence-electron chi connectivity index (χ2n) is 3.86. The summed E-state index contributed by atoms with van der Waals surface area (Å²) in [6.45, 7) is 7.01. The standard InChI is InChI=1S/C9H17NO2/c1-6-4-10(5-7(2)11)9(12)8(6)3/h6-8,11H,4-5H2,1-3H3/t6?,7-,8?/m1/s1. The largest absolute Gasteiger partial charge is 0.392 e. The van der Waals surface area contributed by atoms with Crippen molar-refractivity contribution >= 4 is 5.91 Å². The predicted octanol–water partition coefficient (Wildman–Crippen LogP) is 0.482. The first-order valence-electron chi connectivity index (χ1n) is 4.49. The number of amides is 1. The third kappa shape index (κ3) is 1.78. The van der Waals surface area contributed by atoms with Crippen molar-refractivity contribution in [3.63, 3.8) is 0 Å². The third-order valence-corrected chi connectivity index (χ3v) is 2.55. The van der Waals surface area contributed by atoms with E-state index in [2.05, 4.69) is 6.92 Å². The van der Waals surface area contributed by atoms with Crippen LogP contribution < -0.4 is 0 Å². The molecule has 0 aromatic rings. The molecule has 3 atom stereocenters. The highest BCUT2D eigenvalue weighted by Crippen LogP contribution is 2.23. The van der Waals surface area contributed by atoms with E-state index in [1.165, 1.54) is 0 Å². The lowest BCUT2D eigenvalue weighted by atomic mass is 10.0. The average molecular weight is 171 g/mol. The number of carbonyl (C=O) groups is 1. The van der Waals surface area contributed by atoms with Gasteiger partial charge >= 0.3 is 0 Å². The minimum Gasteiger partial charge on any atom is -0.392 e. The normalized spacial score (nSPS) is 32.7. The molecule has 0 bridgehead atoms. The number of nitrogens with zero attached hydrogens (tertiary/aromatic N) is 1. The SMILES string of the molecule is CC1CN(C[C@@H](C)O)C(=O)C1C. The monoisotopic (exact) mass is 171 g/mol. The zero-order valence-electron chi connectivity index (χ0n) is 7.95. The Morgan fingerprint density at radius 2 is 2.25 bits per heavy atom. The van der Waals surface area contributed by atoms with Crippen molar-refractivity contribution in [1.29, 1.82) is 0 Å². The van der Waals surface area contributed by atoms with Crippen LogP contribution in [0.5, 0.6) is 0 Å². The highest BCUT2D eigenvalue weighted by Gasteiger charge is 2.34. The summed E-state index contributed by atoms with van der Waals surface area (Å²) in [5.74, 6) is 0.739. The molecule has 1 aliphatic rings. The minimum atomic E-state index is -0.411. The molecular weight excluding hydrogens is 154 g/mol. The van der Waals surface area contributed by atoms with Crippen LogP contribution >= 0.6 is 0 Å². The molecule has 3 nitrogen and oxygen atoms in total. The Labute approximate surface area is 73.4 Å². The van der Waals surface area contributed by atoms with Crippen LogP contribution in [0, 0.1) is 11.8 Å². The molecule has 3 heteroatoms. The summed E-state index contributed by atoms with van der Waals surface area (Å²) >= 11 is 0. The van der Waals surface area contributed by atoms with Gasteiger partial charge in [0.2, 0.25) is 5.91 Å². The maximum absolute atomic E-state index is 11.5. The zero-order chi connectivity index (χ0) is 9.30. The Morgan fingerprint density at radius 3 is 2.58 bits per heavy atom. The van der Waals surface area contributed by atoms with Crippen molar-refractivity contribution in [3.05, 3.63) is 0 Å². The molecule has 0 radical (unpaired) electrons. The van der Waals surface area contributed by atoms with E-state index in [1.807, 2.05) is 6.92 Å². The van der Waals surface area contributed by atoms with Crippen LogP contribution in [0.3, 0.4) is 0 Å². The fourth-order valence-corrected chi connectivity index (χ4v) is 1.61. The summed E-state index contributed by atoms with van der Waals surface area (Å²) in [6, 6.07) is 0. The van der Waals surface area contributed by atoms with E-state index in [1.54, 1.807) is 11.8 Å². The number of aliphatic hydroxyl groups excluding tert-OH is 1. The number of likely N-dealkylation sites (tertiary alicyclic amines) is 1. The molecule has 12 heavy (non-hydrogen) atoms. The Balaban J connectivity index is 2.53. The zero-order valence-corrected chi connectivity index (χ0v) is 7.95. The van der Waals surface area contributed by atoms with Gasteiger partial charge in [-0.3, -0.25) is 4.79 Å². The maximum atomic E-state index is 11.5. The second kappa shape index (κ2) is 3.44. The van der Waals surface area contributed by atoms with Gasteiger partial charge in [-0.2, -0.15) is 0 Å². The van der Waals surface area contributed by atoms with E-state index >= 15 is 0 Å². The van der Waals surface area contributed by atoms with Gasteiger partial charge in [0.1, 0.15) is 0 Å². The highest BCUT2D eigenvalue weighted by atomic mass is 16.3. The van der Waals surface area contributed by atoms with Crippen LogP contribution in [0.1, 0.15) is 20.8 Å². The summed E-state index contributed by atoms with van der Waals surface area (Å²) in [6.07, 6.45) is -0.411. The first kappa shape index (κ1) is 9.52. The first-order chi connectivity index (χ1) is 5.52. The Kier molecular flexibility index (Phi) is 2.73. The summed E-state index contributed by atoms with van der Waals surface area (Å²) in [4.78, 5) is 13.2. The van der Waals surface area contributed by atoms with Gasteiger partial charge in [0.15, 0.2) is 0 Å². The van der Waals surface area contributed by atoms with E-state index < -0.39 is 6.10 Å². The summed E-state index contributed by atoms with van der Waals surface area (Å²) in [7, 11) is 0. The molecule has 1 amide bonds. The Bertz CT molecular complexity index is 177. The Hall–Kier alpha value is -0.570. The van der Waals surface area contributed by atoms with Crippen molar-refractivity contribution in [2.75, 3.05) is 13.1 Å². The lowest BCUT2D eigenvalue weighted by molar-refractivity contribution is -0.131. The molecule has 0 aromatic heterocycles. The van der Waals surface area contributed by atoms with Gasteiger partial charge in [-0.1, -0.05) is 13.8 Å². The molecule has 0 spiro atoms. The number of hydrogen-bond donors (Lipinski definition) is 1. The summed E-state index contributed by atoms with van der Waals surface area (Å²) < 4.78 is 0. The van der Waals surface area contributed by atoms with Gasteiger partial charge < -0.3 is 10.0 Å². The predicted molar refractivity (Wildman–Crippen MR) is 46.6 cm³/mol. The quantitative estimate of drug-likeness (QED) is 0.656. The van der Waals surface area contributed by atoms with Gasteiger partial charge in [0.25, 0.3) is 0 Å². The van der Waals surface area contributed by atoms with E-state index in [0.29, 0.717) is 12.5 Å². The second-order valence-corrected chi connectivity index (χ2v) is 3.86. The van der Waals surface area contributed by atoms with Crippen molar-refractivity contribution in [3.8, 4) is 0 Å². The molecule has 1 N–H and O–H groups in total. The number of rotatable bonds is 2. The molecule has 1 fully saturated rings. The molecule has 0 saturated carbocycles. The molecule has 2 unspecified atom stereocenters. The molecule has 70 valence electrons. The fourth-order valence-electron chi connectivity index (χ4n) is 1.61. The number of β-amino-alcohol motifs (C(OH)–C–C–N with tert-alkyl or cyclic N) is 1. The molecule has 1 rings (SSSR count). The molecule has 1 heterocycles. The maximum Gasteiger partial charge on any atom is 0.225 e. The van der Waals surface area contributed by atoms with Gasteiger partial charge in [0, 0.05) is 19.0 Å². The topological polar surface area (TPSA) is 40.5 Å². The van der Waals surface area contributed by atoms with Gasteiger partial charge in [-0.25, -0.2) is 0 Å². The van der Waals surface area contributed by atoms with Crippen molar-refractivity contribution in [2.45, 2.75) is 26.9 Å². The van der Waals surface area contributed by atoms with E-state index in [0.717, 1.165) is 6.54 Å². The van der Waals surface area contributed by atoms with Crippen LogP contribution in [0.15, 0.2) is 0 Å². The molecule has 1 aliphatic heterocycles. The molecule has 1 saturated heterocycles. The van der Waals surface area contributed by atoms with Crippen LogP contribution in [0.25, 0.3) is 0 Å². The third-order valence-electron chi connectivity index (χ3n) is 2.55. The van der Waals surface area contributed by atoms with Gasteiger partial charge in [0.05, 0.1) is 6.10 Å². The lowest BCUT2D eigenvalue weighted by Crippen LogP contribution is -2.33. The van der Waals surface area contributed by atoms with Gasteiger partial charge in [-0.15, -0.1) is 0 Å². The van der Waals surface area contributed by atoms with Crippen LogP contribution in [-0.2, 0) is 4.79 Å². The lowest BCUT2D eigenvalue weighted by Gasteiger charge is -2.17. The van der Waals surface area contributed by atoms with E-state index in [4.69, 9.17) is 5.11 Å². The number of carbonyl (C=O) groups excluding carboxylic acids is 1. The fraction of sp³-hybridized carbons (Fsp3) is 0.889. The van der Waals surface area contributed by atoms with E-state index in [9.17, 15) is 4.79 Å². The molecule has 0 aromatic carbocycles. The average Bonchev–Trinajstić information content (AvgIpc) is 2.17. The van der Waals surface area contributed by atoms with Crippen molar-refractivity contribution in [2.24, 2.45) is 11.8 Å². The van der Waals surface area contributed by atoms with Crippen LogP contribution in [-0.4, -0.2) is 35.1 Å². The van der Waals surface area contributed by atoms with Crippen molar-refractivity contribution in [1.82, 2.24) is 4.90 Å². The highest BCUT2D eigenvalue weighted by molar-refractivity contribution is 5.80. The Morgan fingerprint density at radius 1 is 1.67 bits per heavy atom. The number of hydrogen-bond acceptors (Lipinski definition) is 2. The molecule has 0 aliphatic carbocycles. The van der Waals surface area contributed by atoms with Gasteiger partial charge in [-0.05, 0) is 12.8 Å². The number of aliphatic hydroxyl groups is 1. The van der Waals surface area contributed by atoms with Crippen LogP contribution in [0.4, 0.5) is 0 Å². The smallest absolute Gasteiger partial charge is 0.225 e.